The number of para-hydroxylation sites is 2. The summed E-state index contributed by atoms with van der Waals surface area (Å²) < 4.78 is 13.5. The molecule has 0 N–H and O–H groups in total. The molecule has 0 spiro atoms. The summed E-state index contributed by atoms with van der Waals surface area (Å²) in [6.07, 6.45) is 22.0. The Morgan fingerprint density at radius 2 is 1.09 bits per heavy atom. The second-order valence-electron chi connectivity index (χ2n) is 14.8. The van der Waals surface area contributed by atoms with Crippen LogP contribution in [-0.4, -0.2) is 12.6 Å². The maximum absolute atomic E-state index is 6.78. The molecule has 2 aliphatic rings. The number of hydrogen-bond acceptors (Lipinski definition) is 4. The summed E-state index contributed by atoms with van der Waals surface area (Å²) in [7, 11) is 0. The van der Waals surface area contributed by atoms with E-state index in [9.17, 15) is 0 Å². The minimum absolute atomic E-state index is 0.166. The molecule has 7 aromatic rings. The van der Waals surface area contributed by atoms with E-state index >= 15 is 0 Å². The van der Waals surface area contributed by atoms with Crippen LogP contribution in [0.15, 0.2) is 130 Å². The molecule has 0 saturated carbocycles. The summed E-state index contributed by atoms with van der Waals surface area (Å²) >= 11 is 0. The van der Waals surface area contributed by atoms with Gasteiger partial charge in [-0.05, 0) is 125 Å². The minimum atomic E-state index is 0.166. The number of benzene rings is 5. The highest BCUT2D eigenvalue weighted by Crippen LogP contribution is 2.46. The summed E-state index contributed by atoms with van der Waals surface area (Å²) in [5.41, 5.74) is 15.8. The van der Waals surface area contributed by atoms with Crippen molar-refractivity contribution in [2.75, 3.05) is 16.3 Å². The fourth-order valence-electron chi connectivity index (χ4n) is 8.69. The van der Waals surface area contributed by atoms with Crippen molar-refractivity contribution in [1.82, 2.24) is 0 Å². The molecule has 4 heteroatoms. The monoisotopic (exact) mass is 694 g/mol. The van der Waals surface area contributed by atoms with Crippen LogP contribution in [0.2, 0.25) is 0 Å². The van der Waals surface area contributed by atoms with Crippen molar-refractivity contribution in [3.8, 4) is 0 Å². The molecule has 0 saturated heterocycles. The highest BCUT2D eigenvalue weighted by molar-refractivity contribution is 6.20. The molecular weight excluding hydrogens is 649 g/mol. The van der Waals surface area contributed by atoms with Gasteiger partial charge in [0.15, 0.2) is 0 Å². The van der Waals surface area contributed by atoms with Crippen LogP contribution >= 0.6 is 0 Å². The zero-order valence-corrected chi connectivity index (χ0v) is 31.4. The number of allylic oxidation sites excluding steroid dienone is 6. The van der Waals surface area contributed by atoms with Gasteiger partial charge in [-0.2, -0.15) is 0 Å². The van der Waals surface area contributed by atoms with Crippen LogP contribution in [0, 0.1) is 27.7 Å². The van der Waals surface area contributed by atoms with Crippen LogP contribution in [-0.2, 0) is 12.8 Å². The zero-order valence-electron chi connectivity index (χ0n) is 31.4. The summed E-state index contributed by atoms with van der Waals surface area (Å²) in [6.45, 7) is 11.9. The van der Waals surface area contributed by atoms with Gasteiger partial charge in [-0.15, -0.1) is 0 Å². The lowest BCUT2D eigenvalue weighted by atomic mass is 9.96. The predicted molar refractivity (Wildman–Crippen MR) is 225 cm³/mol. The van der Waals surface area contributed by atoms with Crippen LogP contribution in [0.3, 0.4) is 0 Å². The number of hydrogen-bond donors (Lipinski definition) is 0. The van der Waals surface area contributed by atoms with Crippen molar-refractivity contribution in [2.24, 2.45) is 0 Å². The van der Waals surface area contributed by atoms with Gasteiger partial charge in [-0.25, -0.2) is 0 Å². The molecule has 0 fully saturated rings. The predicted octanol–water partition coefficient (Wildman–Crippen LogP) is 13.5. The molecule has 264 valence electrons. The fraction of sp³-hybridized carbons (Fsp3) is 0.224. The molecule has 0 aliphatic carbocycles. The first-order chi connectivity index (χ1) is 25.9. The van der Waals surface area contributed by atoms with E-state index in [0.29, 0.717) is 0 Å². The van der Waals surface area contributed by atoms with Crippen molar-refractivity contribution in [2.45, 2.75) is 66.3 Å². The number of fused-ring (bicyclic) bond motifs is 8. The standard InChI is InChI=1S/C49H46N2O2/c1-31-27-44-38(29-42(31)50-26-18-10-6-7-12-20-36-22-14-16-24-40(36)50)46-34(4)47-39-30-43(32(2)28-45(39)53-49(47)35(5)48(46)52-44)51-33(3)19-11-8-9-13-21-37-23-15-17-25-41(37)51/h7,9-19,22-25,27-30,33H,6,8,20-21,26H2,1-5H3/b12-7-,13-9-,18-10-,19-11-. The third-order valence-corrected chi connectivity index (χ3v) is 11.4. The Morgan fingerprint density at radius 3 is 1.77 bits per heavy atom. The smallest absolute Gasteiger partial charge is 0.142 e. The molecule has 0 radical (unpaired) electrons. The second-order valence-corrected chi connectivity index (χ2v) is 14.8. The molecule has 9 rings (SSSR count). The second kappa shape index (κ2) is 13.3. The van der Waals surface area contributed by atoms with Crippen molar-refractivity contribution in [1.29, 1.82) is 0 Å². The first-order valence-corrected chi connectivity index (χ1v) is 19.1. The van der Waals surface area contributed by atoms with E-state index in [1.54, 1.807) is 0 Å². The molecule has 53 heavy (non-hydrogen) atoms. The highest BCUT2D eigenvalue weighted by Gasteiger charge is 2.26. The molecule has 4 nitrogen and oxygen atoms in total. The van der Waals surface area contributed by atoms with Crippen molar-refractivity contribution in [3.63, 3.8) is 0 Å². The summed E-state index contributed by atoms with van der Waals surface area (Å²) in [5.74, 6) is 0. The Kier molecular flexibility index (Phi) is 8.34. The normalized spacial score (nSPS) is 19.0. The Hall–Kier alpha value is -5.74. The Morgan fingerprint density at radius 1 is 0.547 bits per heavy atom. The number of rotatable bonds is 2. The van der Waals surface area contributed by atoms with Crippen LogP contribution < -0.4 is 9.80 Å². The van der Waals surface area contributed by atoms with E-state index in [0.717, 1.165) is 81.7 Å². The lowest BCUT2D eigenvalue weighted by molar-refractivity contribution is 0.650. The molecule has 4 heterocycles. The third kappa shape index (κ3) is 5.60. The van der Waals surface area contributed by atoms with Gasteiger partial charge in [-0.3, -0.25) is 0 Å². The van der Waals surface area contributed by atoms with E-state index in [2.05, 4.69) is 166 Å². The third-order valence-electron chi connectivity index (χ3n) is 11.4. The van der Waals surface area contributed by atoms with Crippen LogP contribution in [0.1, 0.15) is 53.1 Å². The maximum atomic E-state index is 6.78. The Labute approximate surface area is 312 Å². The zero-order chi connectivity index (χ0) is 36.2. The molecule has 1 unspecified atom stereocenters. The number of anilines is 4. The van der Waals surface area contributed by atoms with Crippen LogP contribution in [0.5, 0.6) is 0 Å². The van der Waals surface area contributed by atoms with E-state index in [4.69, 9.17) is 8.83 Å². The van der Waals surface area contributed by atoms with Gasteiger partial charge < -0.3 is 18.6 Å². The first kappa shape index (κ1) is 33.1. The SMILES string of the molecule is Cc1cc2oc3c(C)c4oc5cc(C)c(N6c7ccccc7C/C=C\C/C=C\C6C)cc5c4c(C)c3c2cc1N1C/C=C\C/C=C\Cc2ccccc21. The molecular formula is C49H46N2O2. The molecule has 2 aliphatic heterocycles. The molecule has 1 atom stereocenters. The summed E-state index contributed by atoms with van der Waals surface area (Å²) in [5, 5.41) is 4.60. The molecule has 0 bridgehead atoms. The largest absolute Gasteiger partial charge is 0.456 e. The summed E-state index contributed by atoms with van der Waals surface area (Å²) in [6, 6.07) is 27.0. The number of nitrogens with zero attached hydrogens (tertiary/aromatic N) is 2. The minimum Gasteiger partial charge on any atom is -0.456 e. The number of furan rings is 2. The quantitative estimate of drug-likeness (QED) is 0.169. The van der Waals surface area contributed by atoms with Crippen LogP contribution in [0.25, 0.3) is 43.9 Å². The molecule has 2 aromatic heterocycles. The van der Waals surface area contributed by atoms with E-state index in [1.807, 2.05) is 0 Å². The van der Waals surface area contributed by atoms with E-state index < -0.39 is 0 Å². The van der Waals surface area contributed by atoms with Gasteiger partial charge >= 0.3 is 0 Å². The van der Waals surface area contributed by atoms with Gasteiger partial charge in [-0.1, -0.05) is 85.0 Å². The van der Waals surface area contributed by atoms with Gasteiger partial charge in [0.05, 0.1) is 0 Å². The van der Waals surface area contributed by atoms with Crippen LogP contribution in [0.4, 0.5) is 22.7 Å². The summed E-state index contributed by atoms with van der Waals surface area (Å²) in [4.78, 5) is 4.98. The van der Waals surface area contributed by atoms with Gasteiger partial charge in [0.2, 0.25) is 0 Å². The first-order valence-electron chi connectivity index (χ1n) is 19.1. The lowest BCUT2D eigenvalue weighted by Gasteiger charge is -2.33. The van der Waals surface area contributed by atoms with Crippen molar-refractivity contribution in [3.05, 3.63) is 155 Å². The molecule has 0 amide bonds. The van der Waals surface area contributed by atoms with Gasteiger partial charge in [0, 0.05) is 62.4 Å². The van der Waals surface area contributed by atoms with Gasteiger partial charge in [0.1, 0.15) is 22.3 Å². The van der Waals surface area contributed by atoms with E-state index in [1.165, 1.54) is 50.6 Å². The highest BCUT2D eigenvalue weighted by atomic mass is 16.3. The number of aryl methyl sites for hydroxylation is 4. The average molecular weight is 695 g/mol. The van der Waals surface area contributed by atoms with Gasteiger partial charge in [0.25, 0.3) is 0 Å². The topological polar surface area (TPSA) is 32.8 Å². The average Bonchev–Trinajstić information content (AvgIpc) is 3.73. The van der Waals surface area contributed by atoms with E-state index in [-0.39, 0.29) is 6.04 Å². The Balaban J connectivity index is 1.27. The maximum Gasteiger partial charge on any atom is 0.142 e. The Bertz CT molecular complexity index is 2680. The van der Waals surface area contributed by atoms with Crippen molar-refractivity contribution >= 4 is 66.6 Å². The fourth-order valence-corrected chi connectivity index (χ4v) is 8.69. The molecule has 5 aromatic carbocycles. The van der Waals surface area contributed by atoms with Crippen molar-refractivity contribution < 1.29 is 8.83 Å². The lowest BCUT2D eigenvalue weighted by Crippen LogP contribution is -2.28.